The van der Waals surface area contributed by atoms with Gasteiger partial charge in [0.25, 0.3) is 7.82 Å². The Morgan fingerprint density at radius 2 is 0.923 bits per heavy atom. The minimum Gasteiger partial charge on any atom is -0.756 e. The van der Waals surface area contributed by atoms with Crippen molar-refractivity contribution in [3.05, 3.63) is 0 Å². The van der Waals surface area contributed by atoms with Gasteiger partial charge in [-0.2, -0.15) is 0 Å². The predicted molar refractivity (Wildman–Crippen MR) is 34.4 cm³/mol. The van der Waals surface area contributed by atoms with E-state index >= 15 is 0 Å². The first-order valence-corrected chi connectivity index (χ1v) is 5.09. The normalized spacial score (nSPS) is 9.54. The van der Waals surface area contributed by atoms with E-state index in [0.29, 0.717) is 0 Å². The second-order valence-electron chi connectivity index (χ2n) is 1.00. The fourth-order valence-corrected chi connectivity index (χ4v) is 0. The second kappa shape index (κ2) is 11.3. The van der Waals surface area contributed by atoms with Gasteiger partial charge in [-0.25, -0.2) is 4.57 Å². The van der Waals surface area contributed by atoms with Crippen LogP contribution in [0.15, 0.2) is 0 Å². The van der Waals surface area contributed by atoms with Gasteiger partial charge in [0, 0.05) is 7.11 Å². The van der Waals surface area contributed by atoms with E-state index in [0.717, 1.165) is 7.11 Å². The summed E-state index contributed by atoms with van der Waals surface area (Å²) < 4.78 is 17.7. The van der Waals surface area contributed by atoms with Crippen LogP contribution in [0.5, 0.6) is 0 Å². The molecule has 0 bridgehead atoms. The molecule has 0 aromatic carbocycles. The van der Waals surface area contributed by atoms with Crippen LogP contribution >= 0.6 is 15.6 Å². The zero-order valence-electron chi connectivity index (χ0n) is 6.80. The molecule has 0 atom stereocenters. The molecule has 78 valence electrons. The standard InChI is InChI=1S/CH4O.Na.2H3O4P/c1-2;;2*1-5(2,3)4/h2H,1H3;;2*(H3,1,2,3,4)/q;+1;;/p-1. The molecule has 13 heavy (non-hydrogen) atoms. The summed E-state index contributed by atoms with van der Waals surface area (Å²) in [6.45, 7) is 0. The van der Waals surface area contributed by atoms with Gasteiger partial charge >= 0.3 is 37.4 Å². The SMILES string of the molecule is CO.O=P(O)(O)O.O=P([O-])(O)O.[Na+]. The van der Waals surface area contributed by atoms with Gasteiger partial charge in [0.05, 0.1) is 0 Å². The third-order valence-electron chi connectivity index (χ3n) is 0. The third-order valence-corrected chi connectivity index (χ3v) is 0. The number of phosphoric acid groups is 2. The molecule has 0 aliphatic rings. The fourth-order valence-electron chi connectivity index (χ4n) is 0. The Morgan fingerprint density at radius 3 is 0.923 bits per heavy atom. The van der Waals surface area contributed by atoms with Crippen molar-refractivity contribution in [2.24, 2.45) is 0 Å². The maximum absolute atomic E-state index is 8.88. The molecule has 0 heterocycles. The van der Waals surface area contributed by atoms with Crippen molar-refractivity contribution >= 4 is 15.6 Å². The van der Waals surface area contributed by atoms with Crippen molar-refractivity contribution in [3.8, 4) is 0 Å². The van der Waals surface area contributed by atoms with E-state index in [2.05, 4.69) is 0 Å². The van der Waals surface area contributed by atoms with E-state index in [1.807, 2.05) is 0 Å². The van der Waals surface area contributed by atoms with Gasteiger partial charge in [0.1, 0.15) is 0 Å². The number of aliphatic hydroxyl groups excluding tert-OH is 1. The smallest absolute Gasteiger partial charge is 0.756 e. The van der Waals surface area contributed by atoms with Crippen LogP contribution in [0.4, 0.5) is 0 Å². The maximum Gasteiger partial charge on any atom is 1.00 e. The fraction of sp³-hybridized carbons (Fsp3) is 1.00. The summed E-state index contributed by atoms with van der Waals surface area (Å²) in [7, 11) is -8.53. The Kier molecular flexibility index (Phi) is 20.6. The van der Waals surface area contributed by atoms with E-state index in [1.54, 1.807) is 0 Å². The van der Waals surface area contributed by atoms with Gasteiger partial charge in [-0.05, 0) is 0 Å². The van der Waals surface area contributed by atoms with Crippen LogP contribution in [0, 0.1) is 0 Å². The summed E-state index contributed by atoms with van der Waals surface area (Å²) in [6, 6.07) is 0. The molecule has 0 aromatic heterocycles. The molecule has 0 unspecified atom stereocenters. The number of hydrogen-bond acceptors (Lipinski definition) is 4. The van der Waals surface area contributed by atoms with Crippen LogP contribution in [0.2, 0.25) is 0 Å². The zero-order chi connectivity index (χ0) is 11.0. The van der Waals surface area contributed by atoms with Gasteiger partial charge in [-0.15, -0.1) is 0 Å². The molecule has 12 heteroatoms. The first kappa shape index (κ1) is 23.8. The van der Waals surface area contributed by atoms with Crippen LogP contribution < -0.4 is 34.5 Å². The molecule has 0 fully saturated rings. The van der Waals surface area contributed by atoms with E-state index in [-0.39, 0.29) is 29.6 Å². The second-order valence-corrected chi connectivity index (χ2v) is 3.01. The van der Waals surface area contributed by atoms with Crippen molar-refractivity contribution in [3.63, 3.8) is 0 Å². The largest absolute Gasteiger partial charge is 1.00 e. The quantitative estimate of drug-likeness (QED) is 0.180. The molecule has 9 nitrogen and oxygen atoms in total. The summed E-state index contributed by atoms with van der Waals surface area (Å²) in [5.74, 6) is 0. The summed E-state index contributed by atoms with van der Waals surface area (Å²) in [5, 5.41) is 7.00. The minimum absolute atomic E-state index is 0. The number of rotatable bonds is 0. The van der Waals surface area contributed by atoms with Crippen LogP contribution in [-0.4, -0.2) is 36.7 Å². The molecule has 0 aliphatic heterocycles. The molecule has 0 aromatic rings. The first-order valence-electron chi connectivity index (χ1n) is 1.99. The number of hydrogen-bond donors (Lipinski definition) is 6. The Morgan fingerprint density at radius 1 is 0.923 bits per heavy atom. The van der Waals surface area contributed by atoms with Crippen LogP contribution in [-0.2, 0) is 9.13 Å². The van der Waals surface area contributed by atoms with Gasteiger partial charge in [-0.3, -0.25) is 4.57 Å². The van der Waals surface area contributed by atoms with Gasteiger partial charge in [-0.1, -0.05) is 0 Å². The monoisotopic (exact) mass is 250 g/mol. The van der Waals surface area contributed by atoms with Crippen LogP contribution in [0.25, 0.3) is 0 Å². The topological polar surface area (TPSA) is 179 Å². The minimum atomic E-state index is -4.89. The van der Waals surface area contributed by atoms with Crippen molar-refractivity contribution in [2.45, 2.75) is 0 Å². The molecule has 0 rings (SSSR count). The Balaban J connectivity index is -0.0000000491. The van der Waals surface area contributed by atoms with E-state index in [1.165, 1.54) is 0 Å². The zero-order valence-corrected chi connectivity index (χ0v) is 10.6. The third kappa shape index (κ3) is 1180. The summed E-state index contributed by atoms with van der Waals surface area (Å²) in [6.07, 6.45) is 0. The van der Waals surface area contributed by atoms with Crippen molar-refractivity contribution in [1.82, 2.24) is 0 Å². The van der Waals surface area contributed by atoms with Crippen LogP contribution in [0.3, 0.4) is 0 Å². The maximum atomic E-state index is 8.88. The van der Waals surface area contributed by atoms with E-state index < -0.39 is 15.6 Å². The average Bonchev–Trinajstić information content (AvgIpc) is 1.59. The van der Waals surface area contributed by atoms with Gasteiger partial charge < -0.3 is 34.5 Å². The Labute approximate surface area is 95.8 Å². The first-order chi connectivity index (χ1) is 5.00. The molecule has 0 amide bonds. The van der Waals surface area contributed by atoms with Gasteiger partial charge in [0.15, 0.2) is 0 Å². The molecule has 0 spiro atoms. The van der Waals surface area contributed by atoms with Crippen molar-refractivity contribution in [2.75, 3.05) is 7.11 Å². The molecule has 0 aliphatic carbocycles. The molecular weight excluding hydrogens is 241 g/mol. The molecular formula is CH9NaO9P2. The predicted octanol–water partition coefficient (Wildman–Crippen LogP) is -5.88. The van der Waals surface area contributed by atoms with Crippen molar-refractivity contribution < 1.29 is 73.2 Å². The summed E-state index contributed by atoms with van der Waals surface area (Å²) >= 11 is 0. The molecule has 0 saturated carbocycles. The Hall–Kier alpha value is 1.18. The summed E-state index contributed by atoms with van der Waals surface area (Å²) in [5.41, 5.74) is 0. The Bertz CT molecular complexity index is 130. The van der Waals surface area contributed by atoms with E-state index in [9.17, 15) is 0 Å². The van der Waals surface area contributed by atoms with E-state index in [4.69, 9.17) is 43.6 Å². The van der Waals surface area contributed by atoms with Crippen molar-refractivity contribution in [1.29, 1.82) is 0 Å². The van der Waals surface area contributed by atoms with Gasteiger partial charge in [0.2, 0.25) is 0 Å². The molecule has 0 radical (unpaired) electrons. The molecule has 6 N–H and O–H groups in total. The molecule has 0 saturated heterocycles. The number of aliphatic hydroxyl groups is 1. The average molecular weight is 250 g/mol. The summed E-state index contributed by atoms with van der Waals surface area (Å²) in [4.78, 5) is 44.5. The van der Waals surface area contributed by atoms with Crippen LogP contribution in [0.1, 0.15) is 0 Å².